The lowest BCUT2D eigenvalue weighted by molar-refractivity contribution is -0.115. The molecule has 164 valence electrons. The molecule has 0 spiro atoms. The summed E-state index contributed by atoms with van der Waals surface area (Å²) in [5.74, 6) is -0.295. The molecule has 1 saturated heterocycles. The maximum atomic E-state index is 13.2. The van der Waals surface area contributed by atoms with Gasteiger partial charge < -0.3 is 14.3 Å². The Balaban J connectivity index is 1.78. The van der Waals surface area contributed by atoms with E-state index in [9.17, 15) is 19.1 Å². The molecule has 1 aliphatic rings. The number of aromatic hydroxyl groups is 1. The largest absolute Gasteiger partial charge is 0.506 e. The zero-order valence-corrected chi connectivity index (χ0v) is 19.2. The first-order valence-corrected chi connectivity index (χ1v) is 10.9. The molecule has 2 aromatic carbocycles. The van der Waals surface area contributed by atoms with Gasteiger partial charge in [0.2, 0.25) is 5.91 Å². The average molecular weight is 520 g/mol. The maximum absolute atomic E-state index is 13.2. The number of aryl methyl sites for hydroxylation is 1. The van der Waals surface area contributed by atoms with Crippen molar-refractivity contribution in [2.24, 2.45) is 10.2 Å². The number of carbonyl (C=O) groups excluding carboxylic acids is 1. The second-order valence-corrected chi connectivity index (χ2v) is 8.39. The van der Waals surface area contributed by atoms with Crippen molar-refractivity contribution in [3.05, 3.63) is 62.2 Å². The fourth-order valence-electron chi connectivity index (χ4n) is 3.20. The molecule has 1 fully saturated rings. The van der Waals surface area contributed by atoms with Gasteiger partial charge in [-0.15, -0.1) is 5.10 Å². The number of benzene rings is 2. The third-order valence-electron chi connectivity index (χ3n) is 4.59. The first-order chi connectivity index (χ1) is 15.3. The van der Waals surface area contributed by atoms with Crippen molar-refractivity contribution in [1.82, 2.24) is 0 Å². The van der Waals surface area contributed by atoms with Gasteiger partial charge in [-0.2, -0.15) is 5.10 Å². The molecule has 8 nitrogen and oxygen atoms in total. The van der Waals surface area contributed by atoms with Crippen LogP contribution in [0.3, 0.4) is 0 Å². The van der Waals surface area contributed by atoms with Crippen molar-refractivity contribution in [3.63, 3.8) is 0 Å². The van der Waals surface area contributed by atoms with E-state index in [1.807, 2.05) is 0 Å². The van der Waals surface area contributed by atoms with Crippen LogP contribution in [0.4, 0.5) is 10.1 Å². The number of halogens is 2. The van der Waals surface area contributed by atoms with Crippen LogP contribution in [0.15, 0.2) is 54.2 Å². The van der Waals surface area contributed by atoms with E-state index in [1.165, 1.54) is 60.3 Å². The van der Waals surface area contributed by atoms with Gasteiger partial charge in [-0.3, -0.25) is 14.5 Å². The van der Waals surface area contributed by atoms with Crippen molar-refractivity contribution in [3.8, 4) is 11.5 Å². The number of carbonyl (C=O) groups is 1. The Kier molecular flexibility index (Phi) is 6.02. The predicted molar refractivity (Wildman–Crippen MR) is 125 cm³/mol. The first-order valence-electron chi connectivity index (χ1n) is 9.17. The van der Waals surface area contributed by atoms with E-state index in [0.717, 1.165) is 0 Å². The standard InChI is InChI=1S/C21H15BrFN3O5S/c1-10-7-14(27)16-19(30-2)13(18(29)17(22)20(16)31-10)8-24-25-21-26(15(28)9-32-21)12-5-3-11(23)4-6-12/h3-8,29H,9H2,1-2H3/b24-8+,25-21-. The summed E-state index contributed by atoms with van der Waals surface area (Å²) in [4.78, 5) is 26.2. The number of thioether (sulfide) groups is 1. The lowest BCUT2D eigenvalue weighted by Gasteiger charge is -2.15. The van der Waals surface area contributed by atoms with E-state index < -0.39 is 5.82 Å². The molecule has 0 bridgehead atoms. The first kappa shape index (κ1) is 22.0. The Labute approximate surface area is 193 Å². The van der Waals surface area contributed by atoms with Gasteiger partial charge in [-0.05, 0) is 47.1 Å². The molecule has 32 heavy (non-hydrogen) atoms. The second kappa shape index (κ2) is 8.75. The van der Waals surface area contributed by atoms with Crippen LogP contribution in [0.25, 0.3) is 11.0 Å². The summed E-state index contributed by atoms with van der Waals surface area (Å²) in [6.45, 7) is 1.62. The molecule has 1 aliphatic heterocycles. The molecule has 1 amide bonds. The molecule has 3 aromatic rings. The highest BCUT2D eigenvalue weighted by Gasteiger charge is 2.30. The van der Waals surface area contributed by atoms with E-state index in [1.54, 1.807) is 6.92 Å². The van der Waals surface area contributed by atoms with Crippen LogP contribution in [0.2, 0.25) is 0 Å². The summed E-state index contributed by atoms with van der Waals surface area (Å²) in [5, 5.41) is 19.1. The van der Waals surface area contributed by atoms with E-state index in [0.29, 0.717) is 11.4 Å². The molecule has 0 unspecified atom stereocenters. The van der Waals surface area contributed by atoms with Crippen molar-refractivity contribution in [1.29, 1.82) is 0 Å². The van der Waals surface area contributed by atoms with Crippen LogP contribution in [0.1, 0.15) is 11.3 Å². The highest BCUT2D eigenvalue weighted by molar-refractivity contribution is 9.10. The number of fused-ring (bicyclic) bond motifs is 1. The van der Waals surface area contributed by atoms with Crippen LogP contribution < -0.4 is 15.1 Å². The van der Waals surface area contributed by atoms with Crippen molar-refractivity contribution in [2.75, 3.05) is 17.8 Å². The molecule has 1 aromatic heterocycles. The SMILES string of the molecule is COc1c(/C=N/N=C2\SCC(=O)N2c2ccc(F)cc2)c(O)c(Br)c2oc(C)cc(=O)c12. The van der Waals surface area contributed by atoms with Crippen LogP contribution in [0, 0.1) is 12.7 Å². The molecule has 2 heterocycles. The zero-order chi connectivity index (χ0) is 23.0. The van der Waals surface area contributed by atoms with Gasteiger partial charge in [-0.25, -0.2) is 4.39 Å². The van der Waals surface area contributed by atoms with Gasteiger partial charge in [-0.1, -0.05) is 11.8 Å². The Morgan fingerprint density at radius 2 is 2.03 bits per heavy atom. The molecule has 11 heteroatoms. The molecule has 0 aliphatic carbocycles. The number of hydrogen-bond donors (Lipinski definition) is 1. The minimum Gasteiger partial charge on any atom is -0.506 e. The summed E-state index contributed by atoms with van der Waals surface area (Å²) in [5.41, 5.74) is 0.362. The molecule has 0 atom stereocenters. The average Bonchev–Trinajstić information content (AvgIpc) is 3.13. The quantitative estimate of drug-likeness (QED) is 0.409. The molecule has 4 rings (SSSR count). The lowest BCUT2D eigenvalue weighted by Crippen LogP contribution is -2.29. The van der Waals surface area contributed by atoms with E-state index in [-0.39, 0.29) is 54.8 Å². The van der Waals surface area contributed by atoms with Crippen molar-refractivity contribution < 1.29 is 23.4 Å². The number of hydrogen-bond acceptors (Lipinski definition) is 8. The summed E-state index contributed by atoms with van der Waals surface area (Å²) in [7, 11) is 1.35. The number of anilines is 1. The van der Waals surface area contributed by atoms with Crippen LogP contribution in [0.5, 0.6) is 11.5 Å². The normalized spacial score (nSPS) is 15.4. The lowest BCUT2D eigenvalue weighted by atomic mass is 10.1. The fraction of sp³-hybridized carbons (Fsp3) is 0.143. The van der Waals surface area contributed by atoms with Crippen molar-refractivity contribution >= 4 is 61.6 Å². The smallest absolute Gasteiger partial charge is 0.243 e. The number of phenolic OH excluding ortho intramolecular Hbond substituents is 1. The summed E-state index contributed by atoms with van der Waals surface area (Å²) in [6.07, 6.45) is 1.22. The minimum absolute atomic E-state index is 0.0731. The fourth-order valence-corrected chi connectivity index (χ4v) is 4.51. The Morgan fingerprint density at radius 1 is 1.31 bits per heavy atom. The van der Waals surface area contributed by atoms with Gasteiger partial charge >= 0.3 is 0 Å². The molecule has 0 saturated carbocycles. The van der Waals surface area contributed by atoms with E-state index in [2.05, 4.69) is 26.1 Å². The topological polar surface area (TPSA) is 105 Å². The summed E-state index contributed by atoms with van der Waals surface area (Å²) >= 11 is 4.42. The van der Waals surface area contributed by atoms with Crippen LogP contribution in [-0.2, 0) is 4.79 Å². The number of nitrogens with zero attached hydrogens (tertiary/aromatic N) is 3. The molecular formula is C21H15BrFN3O5S. The molecule has 0 radical (unpaired) electrons. The number of amidine groups is 1. The van der Waals surface area contributed by atoms with Gasteiger partial charge in [0.05, 0.1) is 30.3 Å². The Morgan fingerprint density at radius 3 is 2.72 bits per heavy atom. The monoisotopic (exact) mass is 519 g/mol. The number of rotatable bonds is 4. The highest BCUT2D eigenvalue weighted by atomic mass is 79.9. The Hall–Kier alpha value is -3.18. The summed E-state index contributed by atoms with van der Waals surface area (Å²) in [6, 6.07) is 6.74. The third-order valence-corrected chi connectivity index (χ3v) is 6.24. The molecule has 1 N–H and O–H groups in total. The predicted octanol–water partition coefficient (Wildman–Crippen LogP) is 4.19. The van der Waals surface area contributed by atoms with E-state index in [4.69, 9.17) is 9.15 Å². The Bertz CT molecular complexity index is 1350. The van der Waals surface area contributed by atoms with Crippen LogP contribution in [-0.4, -0.2) is 35.3 Å². The van der Waals surface area contributed by atoms with Gasteiger partial charge in [0.1, 0.15) is 32.9 Å². The number of ether oxygens (including phenoxy) is 1. The zero-order valence-electron chi connectivity index (χ0n) is 16.8. The third kappa shape index (κ3) is 3.89. The van der Waals surface area contributed by atoms with Crippen molar-refractivity contribution in [2.45, 2.75) is 6.92 Å². The number of amides is 1. The maximum Gasteiger partial charge on any atom is 0.243 e. The number of methoxy groups -OCH3 is 1. The van der Waals surface area contributed by atoms with Gasteiger partial charge in [0.15, 0.2) is 16.2 Å². The van der Waals surface area contributed by atoms with E-state index >= 15 is 0 Å². The summed E-state index contributed by atoms with van der Waals surface area (Å²) < 4.78 is 24.4. The van der Waals surface area contributed by atoms with Gasteiger partial charge in [0, 0.05) is 6.07 Å². The number of phenols is 1. The second-order valence-electron chi connectivity index (χ2n) is 6.66. The molecular weight excluding hydrogens is 505 g/mol. The highest BCUT2D eigenvalue weighted by Crippen LogP contribution is 2.41. The van der Waals surface area contributed by atoms with Gasteiger partial charge in [0.25, 0.3) is 0 Å². The van der Waals surface area contributed by atoms with Crippen LogP contribution >= 0.6 is 27.7 Å². The minimum atomic E-state index is -0.423.